The van der Waals surface area contributed by atoms with Crippen molar-refractivity contribution < 1.29 is 18.0 Å². The molecule has 2 aliphatic carbocycles. The van der Waals surface area contributed by atoms with E-state index in [0.29, 0.717) is 47.0 Å². The van der Waals surface area contributed by atoms with Crippen molar-refractivity contribution in [1.29, 1.82) is 0 Å². The molecule has 4 heterocycles. The van der Waals surface area contributed by atoms with Crippen molar-refractivity contribution in [2.24, 2.45) is 11.8 Å². The number of carbonyl (C=O) groups is 2. The summed E-state index contributed by atoms with van der Waals surface area (Å²) in [6.07, 6.45) is 7.74. The Morgan fingerprint density at radius 2 is 1.10 bits per heavy atom. The van der Waals surface area contributed by atoms with Gasteiger partial charge in [-0.3, -0.25) is 9.59 Å². The van der Waals surface area contributed by atoms with E-state index in [-0.39, 0.29) is 27.8 Å². The Kier molecular flexibility index (Phi) is 14.1. The maximum atomic E-state index is 13.4. The lowest BCUT2D eigenvalue weighted by molar-refractivity contribution is 0.0942. The Hall–Kier alpha value is -7.04. The minimum atomic E-state index is -3.85. The van der Waals surface area contributed by atoms with Crippen molar-refractivity contribution in [1.82, 2.24) is 39.8 Å². The minimum Gasteiger partial charge on any atom is -0.382 e. The highest BCUT2D eigenvalue weighted by Gasteiger charge is 2.27. The van der Waals surface area contributed by atoms with E-state index >= 15 is 0 Å². The molecule has 0 unspecified atom stereocenters. The molecule has 8 aromatic rings. The third kappa shape index (κ3) is 11.0. The van der Waals surface area contributed by atoms with Crippen molar-refractivity contribution in [3.05, 3.63) is 144 Å². The molecule has 4 aromatic carbocycles. The standard InChI is InChI=1S/C27H29N5O3S.C27H29N5OS/c1-17(2)15-28-23-14-25(36(34,35)21-7-5-4-6-8-21)31-32-24(16-29-26(23)32)19-9-12-22(18(3)13-19)27(33)30-20-10-11-20;1-17(2)15-28-23-14-25(34-21-7-5-4-6-8-21)31-32-24(16-29-26(23)32)19-9-12-22(18(3)13-19)27(33)30-20-10-11-20/h4-9,12-14,16-17,20,28H,10-11,15H2,1-3H3,(H,30,33);4-9,12-14,16-17,20,28H,10-11,15H2,1-3H3,(H,30,33). The number of aryl methyl sites for hydroxylation is 2. The van der Waals surface area contributed by atoms with E-state index in [4.69, 9.17) is 10.1 Å². The van der Waals surface area contributed by atoms with E-state index in [1.165, 1.54) is 0 Å². The highest BCUT2D eigenvalue weighted by molar-refractivity contribution is 7.99. The summed E-state index contributed by atoms with van der Waals surface area (Å²) >= 11 is 1.63. The number of imidazole rings is 2. The molecule has 0 radical (unpaired) electrons. The summed E-state index contributed by atoms with van der Waals surface area (Å²) in [5.74, 6) is 0.780. The minimum absolute atomic E-state index is 0.00420. The molecule has 0 spiro atoms. The van der Waals surface area contributed by atoms with Crippen LogP contribution >= 0.6 is 11.8 Å². The highest BCUT2D eigenvalue weighted by Crippen LogP contribution is 2.33. The molecule has 360 valence electrons. The number of nitrogens with zero attached hydrogens (tertiary/aromatic N) is 6. The molecule has 2 fully saturated rings. The van der Waals surface area contributed by atoms with Gasteiger partial charge in [0.15, 0.2) is 16.3 Å². The van der Waals surface area contributed by atoms with E-state index in [0.717, 1.165) is 87.0 Å². The van der Waals surface area contributed by atoms with Crippen LogP contribution in [0.25, 0.3) is 33.8 Å². The number of hydrogen-bond donors (Lipinski definition) is 4. The van der Waals surface area contributed by atoms with E-state index < -0.39 is 9.84 Å². The summed E-state index contributed by atoms with van der Waals surface area (Å²) in [4.78, 5) is 35.7. The molecule has 0 atom stereocenters. The van der Waals surface area contributed by atoms with Gasteiger partial charge in [-0.15, -0.1) is 0 Å². The molecule has 4 N–H and O–H groups in total. The third-order valence-electron chi connectivity index (χ3n) is 11.9. The predicted molar refractivity (Wildman–Crippen MR) is 276 cm³/mol. The first kappa shape index (κ1) is 48.0. The van der Waals surface area contributed by atoms with Crippen LogP contribution in [-0.4, -0.2) is 74.6 Å². The first-order valence-electron chi connectivity index (χ1n) is 23.8. The first-order chi connectivity index (χ1) is 33.7. The lowest BCUT2D eigenvalue weighted by atomic mass is 10.0. The number of nitrogens with one attached hydrogen (secondary N) is 4. The van der Waals surface area contributed by atoms with Gasteiger partial charge < -0.3 is 21.3 Å². The van der Waals surface area contributed by atoms with Gasteiger partial charge in [0.1, 0.15) is 5.03 Å². The number of benzene rings is 4. The number of sulfone groups is 1. The lowest BCUT2D eigenvalue weighted by Gasteiger charge is -2.13. The number of carbonyl (C=O) groups excluding carboxylic acids is 2. The Balaban J connectivity index is 0.000000174. The maximum Gasteiger partial charge on any atom is 0.251 e. The molecule has 0 aliphatic heterocycles. The summed E-state index contributed by atoms with van der Waals surface area (Å²) < 4.78 is 30.3. The average molecular weight is 975 g/mol. The second kappa shape index (κ2) is 20.5. The molecular formula is C54H58N10O4S2. The molecule has 0 bridgehead atoms. The van der Waals surface area contributed by atoms with Crippen LogP contribution in [-0.2, 0) is 9.84 Å². The maximum absolute atomic E-state index is 13.4. The van der Waals surface area contributed by atoms with Gasteiger partial charge in [-0.2, -0.15) is 10.2 Å². The zero-order valence-corrected chi connectivity index (χ0v) is 41.9. The average Bonchev–Trinajstić information content (AvgIpc) is 4.26. The predicted octanol–water partition coefficient (Wildman–Crippen LogP) is 10.3. The van der Waals surface area contributed by atoms with Crippen molar-refractivity contribution in [2.45, 2.75) is 99.2 Å². The molecule has 14 nitrogen and oxygen atoms in total. The van der Waals surface area contributed by atoms with Crippen LogP contribution in [0.4, 0.5) is 11.4 Å². The number of amides is 2. The Bertz CT molecular complexity index is 3310. The van der Waals surface area contributed by atoms with Crippen molar-refractivity contribution in [2.75, 3.05) is 23.7 Å². The van der Waals surface area contributed by atoms with Gasteiger partial charge in [0.2, 0.25) is 9.84 Å². The quantitative estimate of drug-likeness (QED) is 0.0725. The summed E-state index contributed by atoms with van der Waals surface area (Å²) in [6, 6.07) is 34.3. The second-order valence-corrected chi connectivity index (χ2v) is 21.9. The van der Waals surface area contributed by atoms with E-state index in [9.17, 15) is 18.0 Å². The van der Waals surface area contributed by atoms with Crippen LogP contribution in [0, 0.1) is 25.7 Å². The summed E-state index contributed by atoms with van der Waals surface area (Å²) in [5.41, 5.74) is 9.31. The summed E-state index contributed by atoms with van der Waals surface area (Å²) in [6.45, 7) is 13.9. The molecule has 2 saturated carbocycles. The molecule has 2 amide bonds. The number of rotatable bonds is 16. The van der Waals surface area contributed by atoms with Gasteiger partial charge in [0, 0.05) is 58.4 Å². The fraction of sp³-hybridized carbons (Fsp3) is 0.296. The first-order valence-corrected chi connectivity index (χ1v) is 26.1. The van der Waals surface area contributed by atoms with Gasteiger partial charge in [-0.05, 0) is 117 Å². The van der Waals surface area contributed by atoms with Gasteiger partial charge in [-0.25, -0.2) is 27.4 Å². The lowest BCUT2D eigenvalue weighted by Crippen LogP contribution is -2.26. The van der Waals surface area contributed by atoms with Crippen LogP contribution < -0.4 is 21.3 Å². The third-order valence-corrected chi connectivity index (χ3v) is 14.5. The van der Waals surface area contributed by atoms with Crippen molar-refractivity contribution in [3.63, 3.8) is 0 Å². The number of hydrogen-bond acceptors (Lipinski definition) is 11. The van der Waals surface area contributed by atoms with Gasteiger partial charge in [0.25, 0.3) is 11.8 Å². The number of fused-ring (bicyclic) bond motifs is 2. The zero-order valence-electron chi connectivity index (χ0n) is 40.2. The molecule has 16 heteroatoms. The largest absolute Gasteiger partial charge is 0.382 e. The van der Waals surface area contributed by atoms with Crippen LogP contribution in [0.2, 0.25) is 0 Å². The van der Waals surface area contributed by atoms with E-state index in [1.807, 2.05) is 73.1 Å². The van der Waals surface area contributed by atoms with Gasteiger partial charge >= 0.3 is 0 Å². The highest BCUT2D eigenvalue weighted by atomic mass is 32.2. The summed E-state index contributed by atoms with van der Waals surface area (Å²) in [5, 5.41) is 23.3. The molecule has 2 aliphatic rings. The molecular weight excluding hydrogens is 917 g/mol. The second-order valence-electron chi connectivity index (χ2n) is 18.9. The van der Waals surface area contributed by atoms with Crippen molar-refractivity contribution >= 4 is 56.1 Å². The van der Waals surface area contributed by atoms with Gasteiger partial charge in [-0.1, -0.05) is 88.0 Å². The Morgan fingerprint density at radius 1 is 0.629 bits per heavy atom. The van der Waals surface area contributed by atoms with Crippen LogP contribution in [0.3, 0.4) is 0 Å². The van der Waals surface area contributed by atoms with Gasteiger partial charge in [0.05, 0.1) is 40.1 Å². The molecule has 10 rings (SSSR count). The SMILES string of the molecule is Cc1cc(-c2cnc3c(NCC(C)C)cc(S(=O)(=O)c4ccccc4)nn23)ccc1C(=O)NC1CC1.Cc1cc(-c2cnc3c(NCC(C)C)cc(Sc4ccccc4)nn23)ccc1C(=O)NC1CC1. The zero-order chi connectivity index (χ0) is 49.1. The molecule has 70 heavy (non-hydrogen) atoms. The topological polar surface area (TPSA) is 177 Å². The van der Waals surface area contributed by atoms with Crippen molar-refractivity contribution in [3.8, 4) is 22.5 Å². The Labute approximate surface area is 413 Å². The van der Waals surface area contributed by atoms with E-state index in [2.05, 4.69) is 77.2 Å². The monoisotopic (exact) mass is 974 g/mol. The number of anilines is 2. The fourth-order valence-electron chi connectivity index (χ4n) is 7.82. The van der Waals surface area contributed by atoms with Crippen LogP contribution in [0.15, 0.2) is 141 Å². The molecule has 4 aromatic heterocycles. The Morgan fingerprint density at radius 3 is 1.57 bits per heavy atom. The van der Waals surface area contributed by atoms with Crippen LogP contribution in [0.5, 0.6) is 0 Å². The van der Waals surface area contributed by atoms with Crippen LogP contribution in [0.1, 0.15) is 85.2 Å². The molecule has 0 saturated heterocycles. The number of aromatic nitrogens is 6. The smallest absolute Gasteiger partial charge is 0.251 e. The van der Waals surface area contributed by atoms with E-state index in [1.54, 1.807) is 64.9 Å². The summed E-state index contributed by atoms with van der Waals surface area (Å²) in [7, 11) is -3.85. The fourth-order valence-corrected chi connectivity index (χ4v) is 9.88. The normalized spacial score (nSPS) is 13.6.